The fraction of sp³-hybridized carbons (Fsp3) is 0.904. The van der Waals surface area contributed by atoms with Crippen LogP contribution in [0.25, 0.3) is 0 Å². The third-order valence-electron chi connectivity index (χ3n) is 12.7. The third kappa shape index (κ3) is 31.2. The van der Waals surface area contributed by atoms with E-state index in [1.165, 1.54) is 148 Å². The predicted octanol–water partition coefficient (Wildman–Crippen LogP) is 9.79. The average Bonchev–Trinajstić information content (AvgIpc) is 3.28. The number of hydrogen-bond acceptors (Lipinski definition) is 10. The molecule has 1 aliphatic heterocycles. The van der Waals surface area contributed by atoms with Gasteiger partial charge in [0.05, 0.1) is 25.4 Å². The van der Waals surface area contributed by atoms with Crippen molar-refractivity contribution in [1.29, 1.82) is 0 Å². The maximum Gasteiger partial charge on any atom is 0.249 e. The summed E-state index contributed by atoms with van der Waals surface area (Å²) in [5.41, 5.74) is 0. The highest BCUT2D eigenvalue weighted by Crippen LogP contribution is 2.23. The van der Waals surface area contributed by atoms with Gasteiger partial charge in [-0.05, 0) is 51.4 Å². The lowest BCUT2D eigenvalue weighted by Crippen LogP contribution is -2.60. The summed E-state index contributed by atoms with van der Waals surface area (Å²) in [5.74, 6) is -0.708. The molecule has 0 aromatic rings. The van der Waals surface area contributed by atoms with E-state index in [1.807, 2.05) is 0 Å². The first-order valence-electron chi connectivity index (χ1n) is 26.2. The molecule has 1 aliphatic rings. The van der Waals surface area contributed by atoms with Crippen LogP contribution >= 0.6 is 0 Å². The van der Waals surface area contributed by atoms with Gasteiger partial charge < -0.3 is 50.5 Å². The first-order valence-corrected chi connectivity index (χ1v) is 26.2. The van der Waals surface area contributed by atoms with Gasteiger partial charge in [-0.3, -0.25) is 4.79 Å². The van der Waals surface area contributed by atoms with Crippen LogP contribution in [0.3, 0.4) is 0 Å². The molecule has 1 heterocycles. The maximum absolute atomic E-state index is 13.1. The van der Waals surface area contributed by atoms with E-state index in [4.69, 9.17) is 9.47 Å². The number of aliphatic hydroxyl groups excluding tert-OH is 7. The highest BCUT2D eigenvalue weighted by Gasteiger charge is 2.44. The van der Waals surface area contributed by atoms with Crippen LogP contribution in [0.5, 0.6) is 0 Å². The Labute approximate surface area is 384 Å². The Morgan fingerprint density at radius 2 is 0.952 bits per heavy atom. The SMILES string of the molecule is CCCCCC/C=C/CC/C=C/CCCC(O)C(O)C(COC1OC(CO)C(O)C(O)C1O)NC(=O)C(O)CCCCCCCCCCCCCCCCCCCCCCCCC. The molecule has 0 aromatic carbocycles. The Bertz CT molecular complexity index is 1080. The molecule has 0 spiro atoms. The lowest BCUT2D eigenvalue weighted by molar-refractivity contribution is -0.303. The summed E-state index contributed by atoms with van der Waals surface area (Å²) in [6, 6.07) is -1.19. The van der Waals surface area contributed by atoms with E-state index in [9.17, 15) is 40.5 Å². The van der Waals surface area contributed by atoms with Crippen LogP contribution in [0.1, 0.15) is 232 Å². The molecule has 1 rings (SSSR count). The van der Waals surface area contributed by atoms with E-state index in [0.29, 0.717) is 19.3 Å². The van der Waals surface area contributed by atoms with Crippen LogP contribution in [-0.2, 0) is 14.3 Å². The summed E-state index contributed by atoms with van der Waals surface area (Å²) in [6.45, 7) is 3.41. The second-order valence-electron chi connectivity index (χ2n) is 18.6. The van der Waals surface area contributed by atoms with Crippen molar-refractivity contribution in [2.45, 2.75) is 287 Å². The van der Waals surface area contributed by atoms with Gasteiger partial charge in [0.15, 0.2) is 6.29 Å². The minimum Gasteiger partial charge on any atom is -0.394 e. The first kappa shape index (κ1) is 59.6. The summed E-state index contributed by atoms with van der Waals surface area (Å²) in [6.07, 6.45) is 36.7. The van der Waals surface area contributed by atoms with Crippen molar-refractivity contribution in [1.82, 2.24) is 5.32 Å². The van der Waals surface area contributed by atoms with Crippen molar-refractivity contribution in [2.24, 2.45) is 0 Å². The molecule has 1 fully saturated rings. The minimum atomic E-state index is -1.67. The predicted molar refractivity (Wildman–Crippen MR) is 256 cm³/mol. The van der Waals surface area contributed by atoms with E-state index in [1.54, 1.807) is 0 Å². The number of rotatable bonds is 44. The maximum atomic E-state index is 13.1. The second-order valence-corrected chi connectivity index (χ2v) is 18.6. The number of allylic oxidation sites excluding steroid dienone is 4. The van der Waals surface area contributed by atoms with Crippen LogP contribution < -0.4 is 5.32 Å². The van der Waals surface area contributed by atoms with E-state index in [2.05, 4.69) is 43.5 Å². The molecule has 11 heteroatoms. The van der Waals surface area contributed by atoms with E-state index in [0.717, 1.165) is 38.5 Å². The summed E-state index contributed by atoms with van der Waals surface area (Å²) < 4.78 is 11.1. The van der Waals surface area contributed by atoms with Gasteiger partial charge in [-0.1, -0.05) is 205 Å². The van der Waals surface area contributed by atoms with Gasteiger partial charge in [0, 0.05) is 0 Å². The fourth-order valence-electron chi connectivity index (χ4n) is 8.40. The van der Waals surface area contributed by atoms with Crippen molar-refractivity contribution in [2.75, 3.05) is 13.2 Å². The smallest absolute Gasteiger partial charge is 0.249 e. The lowest BCUT2D eigenvalue weighted by atomic mass is 9.98. The van der Waals surface area contributed by atoms with Crippen LogP contribution in [-0.4, -0.2) is 110 Å². The molecule has 0 aliphatic carbocycles. The fourth-order valence-corrected chi connectivity index (χ4v) is 8.40. The molecule has 63 heavy (non-hydrogen) atoms. The first-order chi connectivity index (χ1) is 30.7. The molecule has 0 bridgehead atoms. The van der Waals surface area contributed by atoms with Gasteiger partial charge in [0.2, 0.25) is 5.91 Å². The third-order valence-corrected chi connectivity index (χ3v) is 12.7. The van der Waals surface area contributed by atoms with Crippen molar-refractivity contribution in [3.8, 4) is 0 Å². The zero-order chi connectivity index (χ0) is 46.2. The van der Waals surface area contributed by atoms with Crippen LogP contribution in [0.4, 0.5) is 0 Å². The van der Waals surface area contributed by atoms with Crippen LogP contribution in [0, 0.1) is 0 Å². The molecule has 9 unspecified atom stereocenters. The average molecular weight is 898 g/mol. The number of ether oxygens (including phenoxy) is 2. The Kier molecular flexibility index (Phi) is 39.7. The standard InChI is InChI=1S/C52H99NO10/c1-3-5-7-9-11-13-15-17-18-19-20-21-22-23-24-25-26-28-30-32-34-36-38-40-45(56)51(61)53-43(42-62-52-50(60)49(59)48(58)46(41-54)63-52)47(57)44(55)39-37-35-33-31-29-27-16-14-12-10-8-6-4-2/h14,16,31,33,43-50,52,54-60H,3-13,15,17-30,32,34-42H2,1-2H3,(H,53,61)/b16-14+,33-31+. The highest BCUT2D eigenvalue weighted by atomic mass is 16.7. The zero-order valence-corrected chi connectivity index (χ0v) is 40.3. The Morgan fingerprint density at radius 3 is 1.41 bits per heavy atom. The van der Waals surface area contributed by atoms with Gasteiger partial charge in [0.1, 0.15) is 36.6 Å². The van der Waals surface area contributed by atoms with E-state index in [-0.39, 0.29) is 12.8 Å². The Hall–Kier alpha value is -1.41. The summed E-state index contributed by atoms with van der Waals surface area (Å²) in [7, 11) is 0. The molecule has 1 amide bonds. The molecule has 9 atom stereocenters. The second kappa shape index (κ2) is 42.0. The van der Waals surface area contributed by atoms with Crippen molar-refractivity contribution in [3.05, 3.63) is 24.3 Å². The largest absolute Gasteiger partial charge is 0.394 e. The quantitative estimate of drug-likeness (QED) is 0.0216. The molecule has 0 radical (unpaired) electrons. The zero-order valence-electron chi connectivity index (χ0n) is 40.3. The van der Waals surface area contributed by atoms with Crippen molar-refractivity contribution < 1.29 is 50.0 Å². The number of carbonyl (C=O) groups is 1. The highest BCUT2D eigenvalue weighted by molar-refractivity contribution is 5.80. The molecule has 0 saturated carbocycles. The topological polar surface area (TPSA) is 189 Å². The van der Waals surface area contributed by atoms with Crippen LogP contribution in [0.15, 0.2) is 24.3 Å². The molecule has 1 saturated heterocycles. The molecule has 372 valence electrons. The number of carbonyl (C=O) groups excluding carboxylic acids is 1. The van der Waals surface area contributed by atoms with E-state index >= 15 is 0 Å². The molecule has 11 nitrogen and oxygen atoms in total. The summed E-state index contributed by atoms with van der Waals surface area (Å²) in [4.78, 5) is 13.1. The normalized spacial score (nSPS) is 21.3. The Morgan fingerprint density at radius 1 is 0.540 bits per heavy atom. The molecule has 8 N–H and O–H groups in total. The van der Waals surface area contributed by atoms with Gasteiger partial charge >= 0.3 is 0 Å². The molecular weight excluding hydrogens is 799 g/mol. The number of hydrogen-bond donors (Lipinski definition) is 8. The monoisotopic (exact) mass is 898 g/mol. The van der Waals surface area contributed by atoms with Crippen molar-refractivity contribution in [3.63, 3.8) is 0 Å². The Balaban J connectivity index is 2.34. The lowest BCUT2D eigenvalue weighted by Gasteiger charge is -2.40. The molecule has 0 aromatic heterocycles. The number of nitrogens with one attached hydrogen (secondary N) is 1. The summed E-state index contributed by atoms with van der Waals surface area (Å²) in [5, 5.41) is 75.8. The number of amides is 1. The van der Waals surface area contributed by atoms with Crippen molar-refractivity contribution >= 4 is 5.91 Å². The summed E-state index contributed by atoms with van der Waals surface area (Å²) >= 11 is 0. The van der Waals surface area contributed by atoms with Gasteiger partial charge in [-0.2, -0.15) is 0 Å². The van der Waals surface area contributed by atoms with Gasteiger partial charge in [0.25, 0.3) is 0 Å². The minimum absolute atomic E-state index is 0.248. The number of unbranched alkanes of at least 4 members (excludes halogenated alkanes) is 28. The van der Waals surface area contributed by atoms with Crippen LogP contribution in [0.2, 0.25) is 0 Å². The molecular formula is C52H99NO10. The number of aliphatic hydroxyl groups is 7. The van der Waals surface area contributed by atoms with Gasteiger partial charge in [-0.15, -0.1) is 0 Å². The van der Waals surface area contributed by atoms with Gasteiger partial charge in [-0.25, -0.2) is 0 Å². The van der Waals surface area contributed by atoms with E-state index < -0.39 is 74.2 Å².